The summed E-state index contributed by atoms with van der Waals surface area (Å²) in [7, 11) is 0. The molecule has 0 aliphatic carbocycles. The number of thioether (sulfide) groups is 1. The first-order valence-corrected chi connectivity index (χ1v) is 12.2. The number of hydrazone groups is 1. The van der Waals surface area contributed by atoms with E-state index < -0.39 is 5.75 Å². The van der Waals surface area contributed by atoms with Gasteiger partial charge in [-0.2, -0.15) is 9.67 Å². The number of carbonyl (C=O) groups excluding carboxylic acids is 1. The van der Waals surface area contributed by atoms with Gasteiger partial charge in [0.25, 0.3) is 11.7 Å². The molecule has 0 aliphatic rings. The van der Waals surface area contributed by atoms with Crippen LogP contribution in [-0.2, 0) is 4.79 Å². The van der Waals surface area contributed by atoms with Crippen molar-refractivity contribution >= 4 is 35.5 Å². The van der Waals surface area contributed by atoms with Gasteiger partial charge in [-0.3, -0.25) is 4.79 Å². The number of ether oxygens (including phenoxy) is 1. The second-order valence-corrected chi connectivity index (χ2v) is 8.81. The van der Waals surface area contributed by atoms with Crippen LogP contribution >= 0.6 is 23.4 Å². The van der Waals surface area contributed by atoms with Crippen molar-refractivity contribution in [3.05, 3.63) is 77.3 Å². The fraction of sp³-hybridized carbons (Fsp3) is 0.120. The Morgan fingerprint density at radius 2 is 1.97 bits per heavy atom. The predicted molar refractivity (Wildman–Crippen MR) is 136 cm³/mol. The number of halogens is 1. The van der Waals surface area contributed by atoms with E-state index in [1.54, 1.807) is 12.1 Å². The fourth-order valence-electron chi connectivity index (χ4n) is 3.25. The highest BCUT2D eigenvalue weighted by atomic mass is 35.5. The molecule has 1 aromatic heterocycles. The van der Waals surface area contributed by atoms with E-state index in [0.29, 0.717) is 22.3 Å². The zero-order valence-electron chi connectivity index (χ0n) is 19.1. The van der Waals surface area contributed by atoms with Gasteiger partial charge in [0.2, 0.25) is 0 Å². The summed E-state index contributed by atoms with van der Waals surface area (Å²) < 4.78 is 7.46. The summed E-state index contributed by atoms with van der Waals surface area (Å²) in [6.07, 6.45) is 1.34. The largest absolute Gasteiger partial charge is 0.870 e. The molecule has 0 saturated carbocycles. The Morgan fingerprint density at radius 3 is 2.67 bits per heavy atom. The van der Waals surface area contributed by atoms with Gasteiger partial charge in [-0.15, -0.1) is 5.10 Å². The molecular formula is C25H22ClN5O4S. The third-order valence-electron chi connectivity index (χ3n) is 4.91. The van der Waals surface area contributed by atoms with Crippen molar-refractivity contribution in [1.82, 2.24) is 15.6 Å². The number of H-pyrrole nitrogens is 1. The van der Waals surface area contributed by atoms with Crippen LogP contribution in [0.4, 0.5) is 0 Å². The van der Waals surface area contributed by atoms with Crippen LogP contribution in [0.2, 0.25) is 5.02 Å². The molecule has 184 valence electrons. The van der Waals surface area contributed by atoms with Gasteiger partial charge in [0, 0.05) is 5.02 Å². The maximum Gasteiger partial charge on any atom is 0.342 e. The average Bonchev–Trinajstić information content (AvgIpc) is 3.30. The third kappa shape index (κ3) is 6.15. The van der Waals surface area contributed by atoms with Gasteiger partial charge < -0.3 is 14.9 Å². The second-order valence-electron chi connectivity index (χ2n) is 7.43. The summed E-state index contributed by atoms with van der Waals surface area (Å²) in [5.41, 5.74) is 4.61. The van der Waals surface area contributed by atoms with Crippen LogP contribution in [0.3, 0.4) is 0 Å². The molecule has 0 bridgehead atoms. The Morgan fingerprint density at radius 1 is 1.22 bits per heavy atom. The normalized spacial score (nSPS) is 11.1. The number of amides is 1. The number of nitrogens with one attached hydrogen (secondary N) is 2. The van der Waals surface area contributed by atoms with Crippen molar-refractivity contribution in [1.29, 1.82) is 0 Å². The van der Waals surface area contributed by atoms with E-state index in [1.807, 2.05) is 47.9 Å². The lowest BCUT2D eigenvalue weighted by Crippen LogP contribution is -2.34. The maximum absolute atomic E-state index is 12.4. The summed E-state index contributed by atoms with van der Waals surface area (Å²) in [4.78, 5) is 12.4. The van der Waals surface area contributed by atoms with Crippen molar-refractivity contribution in [2.75, 3.05) is 12.4 Å². The number of carbonyl (C=O) groups is 1. The number of aromatic hydroxyl groups is 1. The van der Waals surface area contributed by atoms with Gasteiger partial charge in [0.15, 0.2) is 0 Å². The Hall–Kier alpha value is -4.02. The van der Waals surface area contributed by atoms with Crippen molar-refractivity contribution in [3.63, 3.8) is 0 Å². The number of phenols is 1. The minimum Gasteiger partial charge on any atom is -0.870 e. The molecule has 0 unspecified atom stereocenters. The molecule has 0 radical (unpaired) electrons. The first-order chi connectivity index (χ1) is 17.4. The summed E-state index contributed by atoms with van der Waals surface area (Å²) in [5, 5.41) is 33.3. The van der Waals surface area contributed by atoms with E-state index in [-0.39, 0.29) is 17.4 Å². The molecule has 0 saturated heterocycles. The number of aromatic nitrogens is 3. The lowest BCUT2D eigenvalue weighted by Gasteiger charge is -2.07. The Labute approximate surface area is 216 Å². The fourth-order valence-corrected chi connectivity index (χ4v) is 4.13. The van der Waals surface area contributed by atoms with E-state index >= 15 is 0 Å². The van der Waals surface area contributed by atoms with Gasteiger partial charge in [-0.1, -0.05) is 29.5 Å². The second kappa shape index (κ2) is 11.6. The van der Waals surface area contributed by atoms with E-state index in [9.17, 15) is 15.0 Å². The first kappa shape index (κ1) is 25.1. The topological polar surface area (TPSA) is 127 Å². The number of aromatic amines is 1. The lowest BCUT2D eigenvalue weighted by molar-refractivity contribution is -0.625. The number of nitrogens with zero attached hydrogens (tertiary/aromatic N) is 3. The van der Waals surface area contributed by atoms with Crippen molar-refractivity contribution < 1.29 is 24.3 Å². The molecule has 3 N–H and O–H groups in total. The number of phenolic OH excluding ortho intramolecular Hbond substituents is 1. The Bertz CT molecular complexity index is 1370. The highest BCUT2D eigenvalue weighted by molar-refractivity contribution is 7.99. The number of rotatable bonds is 9. The van der Waals surface area contributed by atoms with Gasteiger partial charge >= 0.3 is 5.16 Å². The smallest absolute Gasteiger partial charge is 0.342 e. The predicted octanol–water partition coefficient (Wildman–Crippen LogP) is 3.43. The standard InChI is InChI=1S/C25H22ClN5O4S/c1-2-35-20-10-8-19(9-11-20)31-24(17-4-6-18(26)7-5-17)29-30-25(31)36-15-23(34)28-27-14-16-3-12-21(32)22(33)13-16/h3-14H,2,15H2,1H3,(H3,27,28,32,33,34). The van der Waals surface area contributed by atoms with Crippen LogP contribution in [-0.4, -0.2) is 39.8 Å². The van der Waals surface area contributed by atoms with E-state index in [4.69, 9.17) is 16.3 Å². The average molecular weight is 524 g/mol. The molecule has 9 nitrogen and oxygen atoms in total. The van der Waals surface area contributed by atoms with Gasteiger partial charge in [-0.05, 0) is 78.8 Å². The molecule has 0 aliphatic heterocycles. The molecule has 4 aromatic rings. The number of hydrogen-bond acceptors (Lipinski definition) is 7. The van der Waals surface area contributed by atoms with Crippen LogP contribution in [0.25, 0.3) is 17.1 Å². The summed E-state index contributed by atoms with van der Waals surface area (Å²) in [6, 6.07) is 18.9. The quantitative estimate of drug-likeness (QED) is 0.133. The molecule has 36 heavy (non-hydrogen) atoms. The molecule has 1 amide bonds. The number of benzene rings is 3. The molecule has 3 aromatic carbocycles. The highest BCUT2D eigenvalue weighted by Crippen LogP contribution is 2.23. The molecule has 11 heteroatoms. The van der Waals surface area contributed by atoms with Crippen molar-refractivity contribution in [2.24, 2.45) is 5.10 Å². The van der Waals surface area contributed by atoms with E-state index in [0.717, 1.165) is 22.8 Å². The molecule has 0 fully saturated rings. The van der Waals surface area contributed by atoms with Gasteiger partial charge in [0.1, 0.15) is 17.2 Å². The lowest BCUT2D eigenvalue weighted by atomic mass is 10.2. The monoisotopic (exact) mass is 523 g/mol. The SMILES string of the molecule is CCOc1ccc(-[n+]2c(SCC(=O)N/N=C/c3ccc([O-])c(O)c3)n[nH]c2-c2ccc(Cl)cc2)cc1. The zero-order chi connectivity index (χ0) is 25.5. The zero-order valence-corrected chi connectivity index (χ0v) is 20.7. The molecule has 4 rings (SSSR count). The van der Waals surface area contributed by atoms with E-state index in [2.05, 4.69) is 20.7 Å². The molecule has 0 spiro atoms. The highest BCUT2D eigenvalue weighted by Gasteiger charge is 2.24. The van der Waals surface area contributed by atoms with Crippen LogP contribution in [0, 0.1) is 0 Å². The van der Waals surface area contributed by atoms with Crippen LogP contribution < -0.4 is 19.8 Å². The van der Waals surface area contributed by atoms with Gasteiger partial charge in [0.05, 0.1) is 29.2 Å². The van der Waals surface area contributed by atoms with Crippen LogP contribution in [0.5, 0.6) is 17.2 Å². The molecule has 0 atom stereocenters. The Balaban J connectivity index is 1.51. The number of hydrogen-bond donors (Lipinski definition) is 3. The third-order valence-corrected chi connectivity index (χ3v) is 6.10. The summed E-state index contributed by atoms with van der Waals surface area (Å²) in [5.74, 6) is 0.307. The summed E-state index contributed by atoms with van der Waals surface area (Å²) in [6.45, 7) is 2.49. The van der Waals surface area contributed by atoms with E-state index in [1.165, 1.54) is 36.2 Å². The maximum atomic E-state index is 12.4. The molecular weight excluding hydrogens is 502 g/mol. The van der Waals surface area contributed by atoms with Crippen molar-refractivity contribution in [3.8, 4) is 34.3 Å². The Kier molecular flexibility index (Phi) is 8.09. The van der Waals surface area contributed by atoms with Crippen LogP contribution in [0.15, 0.2) is 77.0 Å². The molecule has 1 heterocycles. The first-order valence-electron chi connectivity index (χ1n) is 10.9. The van der Waals surface area contributed by atoms with Crippen molar-refractivity contribution in [2.45, 2.75) is 12.1 Å². The summed E-state index contributed by atoms with van der Waals surface area (Å²) >= 11 is 7.29. The minimum atomic E-state index is -0.481. The minimum absolute atomic E-state index is 0.0457. The van der Waals surface area contributed by atoms with Gasteiger partial charge in [-0.25, -0.2) is 5.43 Å². The van der Waals surface area contributed by atoms with Crippen LogP contribution in [0.1, 0.15) is 12.5 Å².